The number of carbonyl (C=O) groups is 2. The van der Waals surface area contributed by atoms with Crippen LogP contribution >= 0.6 is 0 Å². The maximum Gasteiger partial charge on any atom is 0.407 e. The third-order valence-electron chi connectivity index (χ3n) is 5.09. The number of hydrogen-bond acceptors (Lipinski definition) is 3. The van der Waals surface area contributed by atoms with E-state index >= 15 is 0 Å². The Kier molecular flexibility index (Phi) is 3.27. The molecule has 1 N–H and O–H groups in total. The van der Waals surface area contributed by atoms with Crippen LogP contribution in [0.3, 0.4) is 0 Å². The lowest BCUT2D eigenvalue weighted by Crippen LogP contribution is -2.62. The Balaban J connectivity index is 1.61. The van der Waals surface area contributed by atoms with Gasteiger partial charge in [0.25, 0.3) is 0 Å². The maximum atomic E-state index is 12.1. The van der Waals surface area contributed by atoms with Crippen LogP contribution in [0.15, 0.2) is 0 Å². The molecule has 106 valence electrons. The van der Waals surface area contributed by atoms with Crippen molar-refractivity contribution in [1.82, 2.24) is 5.32 Å². The van der Waals surface area contributed by atoms with Crippen LogP contribution in [0.5, 0.6) is 0 Å². The molecule has 0 spiro atoms. The van der Waals surface area contributed by atoms with Gasteiger partial charge in [-0.25, -0.2) is 4.79 Å². The van der Waals surface area contributed by atoms with Crippen molar-refractivity contribution in [1.29, 1.82) is 0 Å². The van der Waals surface area contributed by atoms with Gasteiger partial charge in [0.05, 0.1) is 6.61 Å². The van der Waals surface area contributed by atoms with Gasteiger partial charge >= 0.3 is 6.09 Å². The molecular formula is C15H23NO3. The Morgan fingerprint density at radius 3 is 2.63 bits per heavy atom. The van der Waals surface area contributed by atoms with Gasteiger partial charge in [-0.1, -0.05) is 13.3 Å². The molecule has 4 aliphatic rings. The highest BCUT2D eigenvalue weighted by molar-refractivity contribution is 5.86. The number of Topliss-reactive ketones (excluding diaryl/α,β-unsaturated/α-hetero) is 1. The predicted octanol–water partition coefficient (Wildman–Crippen LogP) is 2.66. The second-order valence-corrected chi connectivity index (χ2v) is 6.64. The Morgan fingerprint density at radius 1 is 1.32 bits per heavy atom. The molecule has 2 unspecified atom stereocenters. The van der Waals surface area contributed by atoms with Gasteiger partial charge < -0.3 is 10.1 Å². The highest BCUT2D eigenvalue weighted by Crippen LogP contribution is 2.53. The zero-order chi connectivity index (χ0) is 13.5. The molecule has 4 heteroatoms. The van der Waals surface area contributed by atoms with Crippen LogP contribution in [0.1, 0.15) is 51.9 Å². The Labute approximate surface area is 114 Å². The quantitative estimate of drug-likeness (QED) is 0.795. The van der Waals surface area contributed by atoms with Crippen molar-refractivity contribution in [3.8, 4) is 0 Å². The van der Waals surface area contributed by atoms with Crippen LogP contribution in [0, 0.1) is 17.8 Å². The summed E-state index contributed by atoms with van der Waals surface area (Å²) >= 11 is 0. The summed E-state index contributed by atoms with van der Waals surface area (Å²) in [5.41, 5.74) is -0.145. The van der Waals surface area contributed by atoms with Crippen molar-refractivity contribution >= 4 is 11.9 Å². The number of nitrogens with one attached hydrogen (secondary N) is 1. The highest BCUT2D eigenvalue weighted by atomic mass is 16.5. The van der Waals surface area contributed by atoms with E-state index < -0.39 is 0 Å². The number of alkyl carbamates (subject to hydrolysis) is 1. The minimum Gasteiger partial charge on any atom is -0.450 e. The van der Waals surface area contributed by atoms with Crippen LogP contribution in [-0.4, -0.2) is 24.0 Å². The summed E-state index contributed by atoms with van der Waals surface area (Å²) in [4.78, 5) is 23.9. The summed E-state index contributed by atoms with van der Waals surface area (Å²) in [7, 11) is 0. The van der Waals surface area contributed by atoms with Crippen molar-refractivity contribution in [2.24, 2.45) is 17.8 Å². The predicted molar refractivity (Wildman–Crippen MR) is 70.7 cm³/mol. The second-order valence-electron chi connectivity index (χ2n) is 6.64. The lowest BCUT2D eigenvalue weighted by Gasteiger charge is -2.55. The average molecular weight is 265 g/mol. The first-order valence-corrected chi connectivity index (χ1v) is 7.60. The molecule has 2 atom stereocenters. The number of amides is 1. The van der Waals surface area contributed by atoms with Gasteiger partial charge in [-0.2, -0.15) is 0 Å². The number of ketones is 1. The minimum atomic E-state index is -0.289. The van der Waals surface area contributed by atoms with Crippen molar-refractivity contribution in [2.75, 3.05) is 6.61 Å². The van der Waals surface area contributed by atoms with E-state index in [1.165, 1.54) is 0 Å². The molecule has 1 amide bonds. The Morgan fingerprint density at radius 2 is 2.00 bits per heavy atom. The first-order valence-electron chi connectivity index (χ1n) is 7.60. The molecule has 4 aliphatic carbocycles. The number of unbranched alkanes of at least 4 members (excludes halogenated alkanes) is 1. The molecule has 4 bridgehead atoms. The van der Waals surface area contributed by atoms with E-state index in [1.807, 2.05) is 0 Å². The fraction of sp³-hybridized carbons (Fsp3) is 0.867. The summed E-state index contributed by atoms with van der Waals surface area (Å²) < 4.78 is 5.21. The number of carbonyl (C=O) groups excluding carboxylic acids is 2. The highest BCUT2D eigenvalue weighted by Gasteiger charge is 2.55. The molecule has 0 aromatic carbocycles. The number of rotatable bonds is 4. The first kappa shape index (κ1) is 12.9. The molecule has 4 nitrogen and oxygen atoms in total. The number of ether oxygens (including phenoxy) is 1. The second kappa shape index (κ2) is 4.80. The van der Waals surface area contributed by atoms with E-state index in [-0.39, 0.29) is 23.5 Å². The zero-order valence-corrected chi connectivity index (χ0v) is 11.6. The lowest BCUT2D eigenvalue weighted by atomic mass is 9.52. The summed E-state index contributed by atoms with van der Waals surface area (Å²) in [5, 5.41) is 3.09. The molecule has 0 saturated heterocycles. The largest absolute Gasteiger partial charge is 0.450 e. The minimum absolute atomic E-state index is 0.145. The van der Waals surface area contributed by atoms with E-state index in [0.717, 1.165) is 44.9 Å². The van der Waals surface area contributed by atoms with E-state index in [4.69, 9.17) is 4.74 Å². The Hall–Kier alpha value is -1.06. The van der Waals surface area contributed by atoms with E-state index in [0.29, 0.717) is 18.3 Å². The zero-order valence-electron chi connectivity index (χ0n) is 11.6. The van der Waals surface area contributed by atoms with E-state index in [2.05, 4.69) is 12.2 Å². The van der Waals surface area contributed by atoms with Gasteiger partial charge in [0, 0.05) is 17.4 Å². The molecule has 0 aromatic rings. The molecule has 4 saturated carbocycles. The van der Waals surface area contributed by atoms with Gasteiger partial charge in [0.15, 0.2) is 0 Å². The number of hydrogen-bond donors (Lipinski definition) is 1. The molecule has 0 heterocycles. The van der Waals surface area contributed by atoms with Gasteiger partial charge in [0.1, 0.15) is 5.78 Å². The molecule has 0 aliphatic heterocycles. The van der Waals surface area contributed by atoms with Crippen LogP contribution in [0.25, 0.3) is 0 Å². The molecule has 0 radical (unpaired) electrons. The van der Waals surface area contributed by atoms with Crippen LogP contribution in [0.4, 0.5) is 4.79 Å². The van der Waals surface area contributed by atoms with Gasteiger partial charge in [0.2, 0.25) is 0 Å². The average Bonchev–Trinajstić information content (AvgIpc) is 2.34. The first-order chi connectivity index (χ1) is 9.12. The summed E-state index contributed by atoms with van der Waals surface area (Å²) in [6.45, 7) is 2.57. The van der Waals surface area contributed by atoms with Crippen LogP contribution < -0.4 is 5.32 Å². The lowest BCUT2D eigenvalue weighted by molar-refractivity contribution is -0.142. The summed E-state index contributed by atoms with van der Waals surface area (Å²) in [5.74, 6) is 1.48. The third-order valence-corrected chi connectivity index (χ3v) is 5.09. The van der Waals surface area contributed by atoms with Crippen molar-refractivity contribution in [3.05, 3.63) is 0 Å². The van der Waals surface area contributed by atoms with Crippen molar-refractivity contribution < 1.29 is 14.3 Å². The van der Waals surface area contributed by atoms with Crippen molar-refractivity contribution in [3.63, 3.8) is 0 Å². The third kappa shape index (κ3) is 2.37. The van der Waals surface area contributed by atoms with E-state index in [1.54, 1.807) is 0 Å². The van der Waals surface area contributed by atoms with Gasteiger partial charge in [-0.15, -0.1) is 0 Å². The van der Waals surface area contributed by atoms with E-state index in [9.17, 15) is 9.59 Å². The molecule has 0 aromatic heterocycles. The molecule has 19 heavy (non-hydrogen) atoms. The monoisotopic (exact) mass is 265 g/mol. The van der Waals surface area contributed by atoms with Crippen LogP contribution in [-0.2, 0) is 9.53 Å². The smallest absolute Gasteiger partial charge is 0.407 e. The summed E-state index contributed by atoms with van der Waals surface area (Å²) in [6, 6.07) is 0. The fourth-order valence-corrected chi connectivity index (χ4v) is 4.46. The summed E-state index contributed by atoms with van der Waals surface area (Å²) in [6.07, 6.45) is 6.45. The molecular weight excluding hydrogens is 242 g/mol. The molecule has 4 rings (SSSR count). The maximum absolute atomic E-state index is 12.1. The standard InChI is InChI=1S/C15H23NO3/c1-2-3-4-19-14(18)16-15-7-10-5-11(8-15)13(17)12(6-10)9-15/h10-12H,2-9H2,1H3,(H,16,18). The van der Waals surface area contributed by atoms with Gasteiger partial charge in [-0.05, 0) is 44.4 Å². The fourth-order valence-electron chi connectivity index (χ4n) is 4.46. The SMILES string of the molecule is CCCCOC(=O)NC12CC3CC(C1)C(=O)C(C3)C2. The van der Waals surface area contributed by atoms with Gasteiger partial charge in [-0.3, -0.25) is 4.79 Å². The van der Waals surface area contributed by atoms with Crippen LogP contribution in [0.2, 0.25) is 0 Å². The normalized spacial score (nSPS) is 39.4. The Bertz CT molecular complexity index is 375. The van der Waals surface area contributed by atoms with Crippen molar-refractivity contribution in [2.45, 2.75) is 57.4 Å². The topological polar surface area (TPSA) is 55.4 Å². The molecule has 4 fully saturated rings.